The highest BCUT2D eigenvalue weighted by Crippen LogP contribution is 2.25. The Morgan fingerprint density at radius 1 is 1.33 bits per heavy atom. The van der Waals surface area contributed by atoms with Crippen molar-refractivity contribution in [1.29, 1.82) is 0 Å². The molecule has 3 rings (SSSR count). The summed E-state index contributed by atoms with van der Waals surface area (Å²) in [4.78, 5) is 18.8. The zero-order valence-electron chi connectivity index (χ0n) is 12.4. The molecule has 0 bridgehead atoms. The van der Waals surface area contributed by atoms with Gasteiger partial charge in [0.05, 0.1) is 5.69 Å². The summed E-state index contributed by atoms with van der Waals surface area (Å²) in [5, 5.41) is 7.07. The molecule has 1 amide bonds. The van der Waals surface area contributed by atoms with Crippen molar-refractivity contribution in [3.8, 4) is 11.4 Å². The molecule has 0 aromatic carbocycles. The summed E-state index contributed by atoms with van der Waals surface area (Å²) >= 11 is 0. The summed E-state index contributed by atoms with van der Waals surface area (Å²) in [6.45, 7) is 5.15. The zero-order chi connectivity index (χ0) is 14.8. The number of likely N-dealkylation sites (tertiary alicyclic amines) is 1. The van der Waals surface area contributed by atoms with E-state index in [0.29, 0.717) is 17.3 Å². The summed E-state index contributed by atoms with van der Waals surface area (Å²) in [6.07, 6.45) is 3.98. The van der Waals surface area contributed by atoms with E-state index >= 15 is 0 Å². The Hall–Kier alpha value is -2.17. The molecule has 2 aromatic rings. The molecule has 0 spiro atoms. The first-order valence-electron chi connectivity index (χ1n) is 7.44. The lowest BCUT2D eigenvalue weighted by molar-refractivity contribution is 0.0545. The number of carbonyl (C=O) groups excluding carboxylic acids is 1. The van der Waals surface area contributed by atoms with E-state index in [4.69, 9.17) is 0 Å². The topological polar surface area (TPSA) is 61.9 Å². The number of pyridine rings is 1. The number of aromatic amines is 1. The molecule has 5 heteroatoms. The van der Waals surface area contributed by atoms with Gasteiger partial charge < -0.3 is 4.90 Å². The molecule has 2 atom stereocenters. The fourth-order valence-corrected chi connectivity index (χ4v) is 2.85. The monoisotopic (exact) mass is 284 g/mol. The van der Waals surface area contributed by atoms with E-state index < -0.39 is 0 Å². The maximum Gasteiger partial charge on any atom is 0.272 e. The third-order valence-corrected chi connectivity index (χ3v) is 4.37. The van der Waals surface area contributed by atoms with Crippen molar-refractivity contribution in [1.82, 2.24) is 20.1 Å². The van der Waals surface area contributed by atoms with Crippen LogP contribution in [0.1, 0.15) is 37.2 Å². The normalized spacial score (nSPS) is 22.3. The molecular formula is C16H20N4O. The predicted octanol–water partition coefficient (Wildman–Crippen LogP) is 2.73. The van der Waals surface area contributed by atoms with E-state index in [9.17, 15) is 4.79 Å². The summed E-state index contributed by atoms with van der Waals surface area (Å²) < 4.78 is 0. The molecule has 0 aliphatic carbocycles. The van der Waals surface area contributed by atoms with Gasteiger partial charge in [0.15, 0.2) is 0 Å². The van der Waals surface area contributed by atoms with Gasteiger partial charge in [0.25, 0.3) is 5.91 Å². The van der Waals surface area contributed by atoms with Crippen molar-refractivity contribution >= 4 is 5.91 Å². The van der Waals surface area contributed by atoms with Crippen LogP contribution in [0.5, 0.6) is 0 Å². The van der Waals surface area contributed by atoms with E-state index in [1.54, 1.807) is 12.3 Å². The smallest absolute Gasteiger partial charge is 0.272 e. The Morgan fingerprint density at radius 3 is 2.95 bits per heavy atom. The van der Waals surface area contributed by atoms with Crippen LogP contribution in [0.2, 0.25) is 0 Å². The summed E-state index contributed by atoms with van der Waals surface area (Å²) in [5.41, 5.74) is 2.01. The maximum absolute atomic E-state index is 12.6. The Balaban J connectivity index is 1.81. The fourth-order valence-electron chi connectivity index (χ4n) is 2.85. The van der Waals surface area contributed by atoms with Crippen LogP contribution in [0.25, 0.3) is 11.4 Å². The van der Waals surface area contributed by atoms with E-state index in [-0.39, 0.29) is 11.9 Å². The van der Waals surface area contributed by atoms with E-state index in [1.165, 1.54) is 6.42 Å². The van der Waals surface area contributed by atoms with Crippen LogP contribution in [0.3, 0.4) is 0 Å². The molecule has 21 heavy (non-hydrogen) atoms. The van der Waals surface area contributed by atoms with E-state index in [0.717, 1.165) is 18.7 Å². The first-order valence-corrected chi connectivity index (χ1v) is 7.44. The van der Waals surface area contributed by atoms with Crippen LogP contribution in [0.15, 0.2) is 30.5 Å². The molecule has 0 unspecified atom stereocenters. The average Bonchev–Trinajstić information content (AvgIpc) is 3.00. The Bertz CT molecular complexity index is 622. The van der Waals surface area contributed by atoms with Crippen LogP contribution < -0.4 is 0 Å². The second-order valence-electron chi connectivity index (χ2n) is 5.74. The minimum atomic E-state index is 0.0312. The van der Waals surface area contributed by atoms with Crippen molar-refractivity contribution in [2.24, 2.45) is 5.92 Å². The second kappa shape index (κ2) is 5.68. The molecule has 1 aliphatic heterocycles. The van der Waals surface area contributed by atoms with Crippen LogP contribution in [0.4, 0.5) is 0 Å². The quantitative estimate of drug-likeness (QED) is 0.922. The molecule has 3 heterocycles. The van der Waals surface area contributed by atoms with E-state index in [2.05, 4.69) is 29.0 Å². The lowest BCUT2D eigenvalue weighted by Gasteiger charge is -2.37. The van der Waals surface area contributed by atoms with Crippen molar-refractivity contribution in [3.63, 3.8) is 0 Å². The van der Waals surface area contributed by atoms with Gasteiger partial charge >= 0.3 is 0 Å². The zero-order valence-corrected chi connectivity index (χ0v) is 12.4. The number of rotatable bonds is 2. The average molecular weight is 284 g/mol. The SMILES string of the molecule is C[C@@H]1CCCN(C(=O)c2cc(-c3ccccn3)n[nH]2)[C@H]1C. The number of amides is 1. The van der Waals surface area contributed by atoms with E-state index in [1.807, 2.05) is 23.1 Å². The summed E-state index contributed by atoms with van der Waals surface area (Å²) in [5.74, 6) is 0.574. The van der Waals surface area contributed by atoms with Crippen LogP contribution >= 0.6 is 0 Å². The molecule has 1 fully saturated rings. The third-order valence-electron chi connectivity index (χ3n) is 4.37. The van der Waals surface area contributed by atoms with Gasteiger partial charge in [0, 0.05) is 18.8 Å². The number of carbonyl (C=O) groups is 1. The van der Waals surface area contributed by atoms with Gasteiger partial charge in [-0.1, -0.05) is 13.0 Å². The largest absolute Gasteiger partial charge is 0.334 e. The Labute approximate surface area is 124 Å². The van der Waals surface area contributed by atoms with Gasteiger partial charge in [-0.15, -0.1) is 0 Å². The molecule has 110 valence electrons. The predicted molar refractivity (Wildman–Crippen MR) is 80.7 cm³/mol. The van der Waals surface area contributed by atoms with Crippen LogP contribution in [0, 0.1) is 5.92 Å². The Kier molecular flexibility index (Phi) is 3.73. The number of hydrogen-bond acceptors (Lipinski definition) is 3. The lowest BCUT2D eigenvalue weighted by Crippen LogP contribution is -2.46. The highest BCUT2D eigenvalue weighted by molar-refractivity contribution is 5.93. The van der Waals surface area contributed by atoms with Gasteiger partial charge in [0.2, 0.25) is 0 Å². The van der Waals surface area contributed by atoms with Gasteiger partial charge in [0.1, 0.15) is 11.4 Å². The minimum absolute atomic E-state index is 0.0312. The number of piperidine rings is 1. The molecule has 0 radical (unpaired) electrons. The summed E-state index contributed by atoms with van der Waals surface area (Å²) in [6, 6.07) is 7.71. The van der Waals surface area contributed by atoms with Gasteiger partial charge in [-0.25, -0.2) is 0 Å². The maximum atomic E-state index is 12.6. The highest BCUT2D eigenvalue weighted by Gasteiger charge is 2.29. The molecule has 1 N–H and O–H groups in total. The van der Waals surface area contributed by atoms with Gasteiger partial charge in [-0.2, -0.15) is 5.10 Å². The number of aromatic nitrogens is 3. The highest BCUT2D eigenvalue weighted by atomic mass is 16.2. The molecular weight excluding hydrogens is 264 g/mol. The minimum Gasteiger partial charge on any atom is -0.334 e. The van der Waals surface area contributed by atoms with Crippen LogP contribution in [-0.2, 0) is 0 Å². The van der Waals surface area contributed by atoms with Crippen molar-refractivity contribution in [2.45, 2.75) is 32.7 Å². The van der Waals surface area contributed by atoms with Crippen molar-refractivity contribution in [2.75, 3.05) is 6.54 Å². The first-order chi connectivity index (χ1) is 10.2. The Morgan fingerprint density at radius 2 is 2.19 bits per heavy atom. The molecule has 0 saturated carbocycles. The third kappa shape index (κ3) is 2.68. The molecule has 2 aromatic heterocycles. The van der Waals surface area contributed by atoms with Crippen molar-refractivity contribution < 1.29 is 4.79 Å². The number of H-pyrrole nitrogens is 1. The first kappa shape index (κ1) is 13.8. The van der Waals surface area contributed by atoms with Gasteiger partial charge in [-0.3, -0.25) is 14.9 Å². The summed E-state index contributed by atoms with van der Waals surface area (Å²) in [7, 11) is 0. The second-order valence-corrected chi connectivity index (χ2v) is 5.74. The molecule has 1 saturated heterocycles. The number of hydrogen-bond donors (Lipinski definition) is 1. The van der Waals surface area contributed by atoms with Crippen LogP contribution in [-0.4, -0.2) is 38.6 Å². The molecule has 5 nitrogen and oxygen atoms in total. The standard InChI is InChI=1S/C16H20N4O/c1-11-6-5-9-20(12(11)2)16(21)15-10-14(18-19-15)13-7-3-4-8-17-13/h3-4,7-8,10-12H,5-6,9H2,1-2H3,(H,18,19)/t11-,12+/m1/s1. The number of nitrogens with zero attached hydrogens (tertiary/aromatic N) is 3. The van der Waals surface area contributed by atoms with Gasteiger partial charge in [-0.05, 0) is 43.9 Å². The number of nitrogens with one attached hydrogen (secondary N) is 1. The lowest BCUT2D eigenvalue weighted by atomic mass is 9.92. The molecule has 1 aliphatic rings. The fraction of sp³-hybridized carbons (Fsp3) is 0.438. The van der Waals surface area contributed by atoms with Crippen molar-refractivity contribution in [3.05, 3.63) is 36.2 Å².